The highest BCUT2D eigenvalue weighted by Gasteiger charge is 2.25. The Morgan fingerprint density at radius 1 is 1.31 bits per heavy atom. The topological polar surface area (TPSA) is 122 Å². The standard InChI is InChI=1S/C19H26N4O6/c1-13-6-8-22(9-7-13)16-5-4-14(23(27)28)10-15(16)19(26)29-12-18(25)21(3)11-17(24)20-2/h4-5,10,13H,6-9,11-12H2,1-3H3,(H,20,24). The molecule has 2 rings (SSSR count). The number of ether oxygens (including phenoxy) is 1. The van der Waals surface area contributed by atoms with Gasteiger partial charge < -0.3 is 19.9 Å². The maximum absolute atomic E-state index is 12.6. The Labute approximate surface area is 168 Å². The predicted octanol–water partition coefficient (Wildman–Crippen LogP) is 1.19. The molecule has 29 heavy (non-hydrogen) atoms. The van der Waals surface area contributed by atoms with Crippen molar-refractivity contribution in [1.29, 1.82) is 0 Å². The lowest BCUT2D eigenvalue weighted by Gasteiger charge is -2.33. The van der Waals surface area contributed by atoms with E-state index in [0.29, 0.717) is 11.6 Å². The fourth-order valence-corrected chi connectivity index (χ4v) is 3.02. The van der Waals surface area contributed by atoms with Crippen molar-refractivity contribution < 1.29 is 24.0 Å². The summed E-state index contributed by atoms with van der Waals surface area (Å²) in [5, 5.41) is 13.5. The number of anilines is 1. The van der Waals surface area contributed by atoms with Crippen LogP contribution in [-0.2, 0) is 14.3 Å². The van der Waals surface area contributed by atoms with Crippen molar-refractivity contribution in [3.63, 3.8) is 0 Å². The van der Waals surface area contributed by atoms with Crippen molar-refractivity contribution in [3.05, 3.63) is 33.9 Å². The zero-order valence-corrected chi connectivity index (χ0v) is 16.8. The number of hydrogen-bond donors (Lipinski definition) is 1. The Hall–Kier alpha value is -3.17. The number of rotatable bonds is 7. The second kappa shape index (κ2) is 9.85. The van der Waals surface area contributed by atoms with E-state index < -0.39 is 23.4 Å². The fourth-order valence-electron chi connectivity index (χ4n) is 3.02. The summed E-state index contributed by atoms with van der Waals surface area (Å²) in [6.07, 6.45) is 1.91. The van der Waals surface area contributed by atoms with Gasteiger partial charge in [-0.1, -0.05) is 6.92 Å². The number of hydrogen-bond acceptors (Lipinski definition) is 7. The summed E-state index contributed by atoms with van der Waals surface area (Å²) in [6.45, 7) is 2.88. The van der Waals surface area contributed by atoms with Crippen LogP contribution in [0.15, 0.2) is 18.2 Å². The monoisotopic (exact) mass is 406 g/mol. The quantitative estimate of drug-likeness (QED) is 0.410. The summed E-state index contributed by atoms with van der Waals surface area (Å²) in [6, 6.07) is 4.07. The number of esters is 1. The van der Waals surface area contributed by atoms with Crippen molar-refractivity contribution in [2.24, 2.45) is 5.92 Å². The Morgan fingerprint density at radius 2 is 1.97 bits per heavy atom. The van der Waals surface area contributed by atoms with E-state index in [0.717, 1.165) is 30.8 Å². The van der Waals surface area contributed by atoms with Crippen molar-refractivity contribution in [1.82, 2.24) is 10.2 Å². The summed E-state index contributed by atoms with van der Waals surface area (Å²) < 4.78 is 5.10. The van der Waals surface area contributed by atoms with Gasteiger partial charge in [0.25, 0.3) is 11.6 Å². The molecule has 1 aliphatic rings. The first-order valence-corrected chi connectivity index (χ1v) is 9.38. The smallest absolute Gasteiger partial charge is 0.341 e. The number of carbonyl (C=O) groups excluding carboxylic acids is 3. The van der Waals surface area contributed by atoms with Gasteiger partial charge in [-0.3, -0.25) is 19.7 Å². The summed E-state index contributed by atoms with van der Waals surface area (Å²) in [4.78, 5) is 49.7. The maximum atomic E-state index is 12.6. The van der Waals surface area contributed by atoms with Gasteiger partial charge in [0.15, 0.2) is 6.61 Å². The van der Waals surface area contributed by atoms with Crippen molar-refractivity contribution in [2.75, 3.05) is 45.2 Å². The zero-order valence-electron chi connectivity index (χ0n) is 16.8. The molecule has 0 atom stereocenters. The normalized spacial score (nSPS) is 14.2. The van der Waals surface area contributed by atoms with E-state index in [2.05, 4.69) is 12.2 Å². The number of likely N-dealkylation sites (N-methyl/N-ethyl adjacent to an activating group) is 2. The van der Waals surface area contributed by atoms with E-state index in [1.807, 2.05) is 4.90 Å². The fraction of sp³-hybridized carbons (Fsp3) is 0.526. The lowest BCUT2D eigenvalue weighted by atomic mass is 9.98. The van der Waals surface area contributed by atoms with Crippen LogP contribution in [0.4, 0.5) is 11.4 Å². The van der Waals surface area contributed by atoms with E-state index in [4.69, 9.17) is 4.74 Å². The van der Waals surface area contributed by atoms with Crippen LogP contribution in [0.25, 0.3) is 0 Å². The third-order valence-electron chi connectivity index (χ3n) is 4.95. The molecule has 1 aliphatic heterocycles. The number of nitro groups is 1. The van der Waals surface area contributed by atoms with Crippen LogP contribution in [0.2, 0.25) is 0 Å². The van der Waals surface area contributed by atoms with Crippen LogP contribution in [-0.4, -0.2) is 67.9 Å². The zero-order chi connectivity index (χ0) is 21.6. The largest absolute Gasteiger partial charge is 0.452 e. The third-order valence-corrected chi connectivity index (χ3v) is 4.95. The van der Waals surface area contributed by atoms with Crippen molar-refractivity contribution >= 4 is 29.2 Å². The molecule has 1 fully saturated rings. The Balaban J connectivity index is 2.14. The van der Waals surface area contributed by atoms with E-state index in [-0.39, 0.29) is 23.7 Å². The summed E-state index contributed by atoms with van der Waals surface area (Å²) in [7, 11) is 2.87. The summed E-state index contributed by atoms with van der Waals surface area (Å²) in [5.41, 5.74) is 0.378. The first-order valence-electron chi connectivity index (χ1n) is 9.38. The SMILES string of the molecule is CNC(=O)CN(C)C(=O)COC(=O)c1cc([N+](=O)[O-])ccc1N1CCC(C)CC1. The van der Waals surface area contributed by atoms with Crippen LogP contribution in [0.1, 0.15) is 30.1 Å². The predicted molar refractivity (Wildman–Crippen MR) is 106 cm³/mol. The van der Waals surface area contributed by atoms with Crippen molar-refractivity contribution in [3.8, 4) is 0 Å². The number of nitro benzene ring substituents is 1. The lowest BCUT2D eigenvalue weighted by Crippen LogP contribution is -2.39. The second-order valence-electron chi connectivity index (χ2n) is 7.13. The molecule has 1 heterocycles. The molecule has 1 N–H and O–H groups in total. The van der Waals surface area contributed by atoms with Crippen LogP contribution in [0, 0.1) is 16.0 Å². The first-order chi connectivity index (χ1) is 13.7. The molecule has 1 saturated heterocycles. The Morgan fingerprint density at radius 3 is 2.55 bits per heavy atom. The third kappa shape index (κ3) is 5.90. The van der Waals surface area contributed by atoms with Crippen molar-refractivity contribution in [2.45, 2.75) is 19.8 Å². The molecule has 158 valence electrons. The first kappa shape index (κ1) is 22.1. The minimum Gasteiger partial charge on any atom is -0.452 e. The van der Waals surface area contributed by atoms with Gasteiger partial charge in [-0.2, -0.15) is 0 Å². The highest BCUT2D eigenvalue weighted by molar-refractivity contribution is 5.98. The molecule has 0 bridgehead atoms. The molecular weight excluding hydrogens is 380 g/mol. The van der Waals surface area contributed by atoms with E-state index in [1.54, 1.807) is 6.07 Å². The molecule has 1 aromatic carbocycles. The van der Waals surface area contributed by atoms with Gasteiger partial charge in [0.05, 0.1) is 22.7 Å². The number of nitrogens with one attached hydrogen (secondary N) is 1. The molecule has 0 spiro atoms. The molecule has 10 nitrogen and oxygen atoms in total. The molecular formula is C19H26N4O6. The number of nitrogens with zero attached hydrogens (tertiary/aromatic N) is 3. The van der Waals surface area contributed by atoms with Crippen LogP contribution >= 0.6 is 0 Å². The molecule has 0 unspecified atom stereocenters. The number of carbonyl (C=O) groups is 3. The van der Waals surface area contributed by atoms with E-state index in [1.165, 1.54) is 26.2 Å². The van der Waals surface area contributed by atoms with Gasteiger partial charge in [0, 0.05) is 39.3 Å². The molecule has 0 aliphatic carbocycles. The highest BCUT2D eigenvalue weighted by atomic mass is 16.6. The molecule has 1 aromatic rings. The molecule has 0 saturated carbocycles. The molecule has 0 radical (unpaired) electrons. The van der Waals surface area contributed by atoms with Gasteiger partial charge in [0.1, 0.15) is 0 Å². The Kier molecular flexibility index (Phi) is 7.52. The Bertz CT molecular complexity index is 789. The minimum absolute atomic E-state index is 0.0514. The number of piperidine rings is 1. The van der Waals surface area contributed by atoms with Gasteiger partial charge in [-0.05, 0) is 24.8 Å². The maximum Gasteiger partial charge on any atom is 0.341 e. The van der Waals surface area contributed by atoms with Crippen LogP contribution < -0.4 is 10.2 Å². The van der Waals surface area contributed by atoms with Crippen LogP contribution in [0.5, 0.6) is 0 Å². The number of benzene rings is 1. The molecule has 2 amide bonds. The summed E-state index contributed by atoms with van der Waals surface area (Å²) >= 11 is 0. The molecule has 0 aromatic heterocycles. The average Bonchev–Trinajstić information content (AvgIpc) is 2.71. The average molecular weight is 406 g/mol. The highest BCUT2D eigenvalue weighted by Crippen LogP contribution is 2.29. The molecule has 10 heteroatoms. The van der Waals surface area contributed by atoms with Gasteiger partial charge in [-0.25, -0.2) is 4.79 Å². The second-order valence-corrected chi connectivity index (χ2v) is 7.13. The van der Waals surface area contributed by atoms with Gasteiger partial charge >= 0.3 is 5.97 Å². The van der Waals surface area contributed by atoms with E-state index in [9.17, 15) is 24.5 Å². The number of non-ortho nitro benzene ring substituents is 1. The van der Waals surface area contributed by atoms with Crippen LogP contribution in [0.3, 0.4) is 0 Å². The minimum atomic E-state index is -0.816. The van der Waals surface area contributed by atoms with E-state index >= 15 is 0 Å². The summed E-state index contributed by atoms with van der Waals surface area (Å²) in [5.74, 6) is -1.15. The lowest BCUT2D eigenvalue weighted by molar-refractivity contribution is -0.384. The number of amides is 2. The van der Waals surface area contributed by atoms with Gasteiger partial charge in [-0.15, -0.1) is 0 Å². The van der Waals surface area contributed by atoms with Gasteiger partial charge in [0.2, 0.25) is 5.91 Å².